The molecule has 1 atom stereocenters. The lowest BCUT2D eigenvalue weighted by atomic mass is 10.2. The number of hydrogen-bond acceptors (Lipinski definition) is 3. The third-order valence-electron chi connectivity index (χ3n) is 2.87. The Kier molecular flexibility index (Phi) is 4.07. The van der Waals surface area contributed by atoms with Crippen molar-refractivity contribution in [2.24, 2.45) is 0 Å². The molecule has 0 aliphatic carbocycles. The molecule has 2 aromatic heterocycles. The molecule has 1 unspecified atom stereocenters. The molecule has 0 aromatic carbocycles. The van der Waals surface area contributed by atoms with E-state index in [0.29, 0.717) is 12.1 Å². The SMILES string of the molecule is Cc1cn(C(C)C)c(NC(C)Cc2cccs2)n1. The topological polar surface area (TPSA) is 29.9 Å². The largest absolute Gasteiger partial charge is 0.353 e. The first-order chi connectivity index (χ1) is 8.56. The second kappa shape index (κ2) is 5.57. The van der Waals surface area contributed by atoms with Crippen LogP contribution >= 0.6 is 11.3 Å². The summed E-state index contributed by atoms with van der Waals surface area (Å²) in [6, 6.07) is 5.11. The Morgan fingerprint density at radius 3 is 2.78 bits per heavy atom. The van der Waals surface area contributed by atoms with E-state index in [2.05, 4.69) is 59.3 Å². The molecule has 2 heterocycles. The highest BCUT2D eigenvalue weighted by Gasteiger charge is 2.11. The molecule has 0 aliphatic rings. The molecule has 0 radical (unpaired) electrons. The van der Waals surface area contributed by atoms with Gasteiger partial charge in [0.05, 0.1) is 5.69 Å². The molecule has 4 heteroatoms. The molecule has 2 aromatic rings. The van der Waals surface area contributed by atoms with Crippen LogP contribution in [0.1, 0.15) is 37.4 Å². The van der Waals surface area contributed by atoms with Gasteiger partial charge in [0.15, 0.2) is 0 Å². The average molecular weight is 263 g/mol. The van der Waals surface area contributed by atoms with Crippen molar-refractivity contribution >= 4 is 17.3 Å². The van der Waals surface area contributed by atoms with E-state index in [9.17, 15) is 0 Å². The fourth-order valence-electron chi connectivity index (χ4n) is 2.02. The van der Waals surface area contributed by atoms with Gasteiger partial charge < -0.3 is 9.88 Å². The van der Waals surface area contributed by atoms with Crippen molar-refractivity contribution in [3.05, 3.63) is 34.3 Å². The van der Waals surface area contributed by atoms with E-state index in [1.54, 1.807) is 0 Å². The molecule has 0 saturated heterocycles. The number of aryl methyl sites for hydroxylation is 1. The summed E-state index contributed by atoms with van der Waals surface area (Å²) >= 11 is 1.81. The standard InChI is InChI=1S/C14H21N3S/c1-10(2)17-9-12(4)16-14(17)15-11(3)8-13-6-5-7-18-13/h5-7,9-11H,8H2,1-4H3,(H,15,16). The van der Waals surface area contributed by atoms with Crippen LogP contribution < -0.4 is 5.32 Å². The van der Waals surface area contributed by atoms with Gasteiger partial charge in [-0.3, -0.25) is 0 Å². The summed E-state index contributed by atoms with van der Waals surface area (Å²) in [5, 5.41) is 5.64. The zero-order valence-corrected chi connectivity index (χ0v) is 12.3. The van der Waals surface area contributed by atoms with Crippen LogP contribution in [0, 0.1) is 6.92 Å². The summed E-state index contributed by atoms with van der Waals surface area (Å²) in [5.74, 6) is 0.978. The molecule has 3 nitrogen and oxygen atoms in total. The first-order valence-corrected chi connectivity index (χ1v) is 7.28. The molecule has 0 saturated carbocycles. The van der Waals surface area contributed by atoms with Gasteiger partial charge in [-0.15, -0.1) is 11.3 Å². The van der Waals surface area contributed by atoms with Crippen LogP contribution in [0.3, 0.4) is 0 Å². The molecule has 0 fully saturated rings. The fraction of sp³-hybridized carbons (Fsp3) is 0.500. The third kappa shape index (κ3) is 3.13. The van der Waals surface area contributed by atoms with Crippen LogP contribution in [0.15, 0.2) is 23.7 Å². The molecule has 0 aliphatic heterocycles. The Bertz CT molecular complexity index is 485. The molecule has 0 spiro atoms. The minimum Gasteiger partial charge on any atom is -0.353 e. The van der Waals surface area contributed by atoms with E-state index in [-0.39, 0.29) is 0 Å². The summed E-state index contributed by atoms with van der Waals surface area (Å²) in [4.78, 5) is 5.97. The quantitative estimate of drug-likeness (QED) is 0.887. The van der Waals surface area contributed by atoms with E-state index in [4.69, 9.17) is 0 Å². The maximum Gasteiger partial charge on any atom is 0.203 e. The molecule has 2 rings (SSSR count). The smallest absolute Gasteiger partial charge is 0.203 e. The Hall–Kier alpha value is -1.29. The zero-order chi connectivity index (χ0) is 13.1. The van der Waals surface area contributed by atoms with Crippen molar-refractivity contribution in [2.75, 3.05) is 5.32 Å². The van der Waals surface area contributed by atoms with Crippen LogP contribution in [-0.2, 0) is 6.42 Å². The molecule has 0 amide bonds. The normalized spacial score (nSPS) is 12.9. The Labute approximate surface area is 113 Å². The van der Waals surface area contributed by atoms with Crippen molar-refractivity contribution in [1.29, 1.82) is 0 Å². The van der Waals surface area contributed by atoms with Crippen LogP contribution in [0.2, 0.25) is 0 Å². The van der Waals surface area contributed by atoms with Gasteiger partial charge in [-0.2, -0.15) is 0 Å². The van der Waals surface area contributed by atoms with Gasteiger partial charge in [-0.05, 0) is 39.1 Å². The van der Waals surface area contributed by atoms with E-state index in [1.165, 1.54) is 4.88 Å². The summed E-state index contributed by atoms with van der Waals surface area (Å²) in [6.07, 6.45) is 3.15. The highest BCUT2D eigenvalue weighted by molar-refractivity contribution is 7.09. The van der Waals surface area contributed by atoms with Gasteiger partial charge in [0.25, 0.3) is 0 Å². The van der Waals surface area contributed by atoms with E-state index < -0.39 is 0 Å². The molecular weight excluding hydrogens is 242 g/mol. The lowest BCUT2D eigenvalue weighted by Gasteiger charge is -2.17. The number of nitrogens with zero attached hydrogens (tertiary/aromatic N) is 2. The van der Waals surface area contributed by atoms with Gasteiger partial charge in [-0.1, -0.05) is 6.07 Å². The third-order valence-corrected chi connectivity index (χ3v) is 3.77. The van der Waals surface area contributed by atoms with Gasteiger partial charge >= 0.3 is 0 Å². The van der Waals surface area contributed by atoms with Gasteiger partial charge in [0.1, 0.15) is 0 Å². The van der Waals surface area contributed by atoms with Crippen LogP contribution in [0.25, 0.3) is 0 Å². The van der Waals surface area contributed by atoms with Gasteiger partial charge in [0, 0.05) is 29.6 Å². The maximum absolute atomic E-state index is 4.56. The Balaban J connectivity index is 2.04. The molecule has 98 valence electrons. The predicted molar refractivity (Wildman–Crippen MR) is 78.5 cm³/mol. The number of anilines is 1. The number of nitrogens with one attached hydrogen (secondary N) is 1. The van der Waals surface area contributed by atoms with Crippen molar-refractivity contribution in [3.8, 4) is 0 Å². The summed E-state index contributed by atoms with van der Waals surface area (Å²) < 4.78 is 2.19. The minimum absolute atomic E-state index is 0.392. The molecule has 0 bridgehead atoms. The molecular formula is C14H21N3S. The van der Waals surface area contributed by atoms with Gasteiger partial charge in [0.2, 0.25) is 5.95 Å². The summed E-state index contributed by atoms with van der Waals surface area (Å²) in [7, 11) is 0. The summed E-state index contributed by atoms with van der Waals surface area (Å²) in [6.45, 7) is 8.59. The average Bonchev–Trinajstić information content (AvgIpc) is 2.88. The van der Waals surface area contributed by atoms with E-state index in [0.717, 1.165) is 18.1 Å². The number of aromatic nitrogens is 2. The second-order valence-corrected chi connectivity index (χ2v) is 6.07. The Morgan fingerprint density at radius 1 is 1.39 bits per heavy atom. The number of rotatable bonds is 5. The lowest BCUT2D eigenvalue weighted by molar-refractivity contribution is 0.598. The van der Waals surface area contributed by atoms with Crippen LogP contribution in [-0.4, -0.2) is 15.6 Å². The van der Waals surface area contributed by atoms with Crippen LogP contribution in [0.5, 0.6) is 0 Å². The lowest BCUT2D eigenvalue weighted by Crippen LogP contribution is -2.20. The first-order valence-electron chi connectivity index (χ1n) is 6.40. The summed E-state index contributed by atoms with van der Waals surface area (Å²) in [5.41, 5.74) is 1.06. The number of imidazole rings is 1. The highest BCUT2D eigenvalue weighted by atomic mass is 32.1. The van der Waals surface area contributed by atoms with Crippen molar-refractivity contribution in [3.63, 3.8) is 0 Å². The predicted octanol–water partition coefficient (Wildman–Crippen LogP) is 3.88. The number of thiophene rings is 1. The van der Waals surface area contributed by atoms with Crippen molar-refractivity contribution < 1.29 is 0 Å². The second-order valence-electron chi connectivity index (χ2n) is 5.04. The fourth-order valence-corrected chi connectivity index (χ4v) is 2.85. The first kappa shape index (κ1) is 13.1. The highest BCUT2D eigenvalue weighted by Crippen LogP contribution is 2.18. The van der Waals surface area contributed by atoms with Gasteiger partial charge in [-0.25, -0.2) is 4.98 Å². The maximum atomic E-state index is 4.56. The van der Waals surface area contributed by atoms with Crippen LogP contribution in [0.4, 0.5) is 5.95 Å². The van der Waals surface area contributed by atoms with Crippen molar-refractivity contribution in [1.82, 2.24) is 9.55 Å². The minimum atomic E-state index is 0.392. The molecule has 1 N–H and O–H groups in total. The molecule has 18 heavy (non-hydrogen) atoms. The monoisotopic (exact) mass is 263 g/mol. The van der Waals surface area contributed by atoms with E-state index in [1.807, 2.05) is 18.3 Å². The van der Waals surface area contributed by atoms with E-state index >= 15 is 0 Å². The number of hydrogen-bond donors (Lipinski definition) is 1. The zero-order valence-electron chi connectivity index (χ0n) is 11.5. The Morgan fingerprint density at radius 2 is 2.17 bits per heavy atom. The van der Waals surface area contributed by atoms with Crippen molar-refractivity contribution in [2.45, 2.75) is 46.2 Å².